The summed E-state index contributed by atoms with van der Waals surface area (Å²) in [6, 6.07) is 13.8. The Balaban J connectivity index is 1.18. The van der Waals surface area contributed by atoms with E-state index in [0.29, 0.717) is 53.2 Å². The molecule has 2 fully saturated rings. The van der Waals surface area contributed by atoms with E-state index in [-0.39, 0.29) is 11.8 Å². The number of anilines is 3. The fourth-order valence-corrected chi connectivity index (χ4v) is 6.53. The predicted octanol–water partition coefficient (Wildman–Crippen LogP) is 3.68. The SMILES string of the molecule is CCN1c2ccccc2C(=O)N(C)c2cnc(Cc3ccc(C(=O)N4CCC(N5CCN(C)CC5)CC4)cc3OC)nc21. The van der Waals surface area contributed by atoms with Gasteiger partial charge in [0.1, 0.15) is 17.3 Å². The molecule has 2 aromatic carbocycles. The average Bonchev–Trinajstić information content (AvgIpc) is 3.13. The molecule has 0 N–H and O–H groups in total. The van der Waals surface area contributed by atoms with Crippen LogP contribution in [0.4, 0.5) is 17.2 Å². The number of hydrogen-bond acceptors (Lipinski definition) is 8. The summed E-state index contributed by atoms with van der Waals surface area (Å²) in [4.78, 5) is 46.9. The Bertz CT molecular complexity index is 1500. The minimum atomic E-state index is -0.0883. The van der Waals surface area contributed by atoms with Gasteiger partial charge in [0.25, 0.3) is 11.8 Å². The molecule has 0 atom stereocenters. The van der Waals surface area contributed by atoms with E-state index in [1.165, 1.54) is 0 Å². The average molecular weight is 584 g/mol. The topological polar surface area (TPSA) is 85.4 Å². The number of hydrogen-bond donors (Lipinski definition) is 0. The van der Waals surface area contributed by atoms with E-state index in [4.69, 9.17) is 9.72 Å². The fraction of sp³-hybridized carbons (Fsp3) is 0.455. The standard InChI is InChI=1S/C33H41N7O3/c1-5-40-27-9-7-6-8-26(27)33(42)37(3)28-22-34-30(35-31(28)40)21-23-10-11-24(20-29(23)43-4)32(41)39-14-12-25(13-15-39)38-18-16-36(2)17-19-38/h6-11,20,22,25H,5,12-19,21H2,1-4H3. The number of likely N-dealkylation sites (tertiary alicyclic amines) is 1. The normalized spacial score (nSPS) is 18.3. The molecule has 43 heavy (non-hydrogen) atoms. The second-order valence-corrected chi connectivity index (χ2v) is 11.7. The van der Waals surface area contributed by atoms with Crippen molar-refractivity contribution < 1.29 is 14.3 Å². The van der Waals surface area contributed by atoms with Crippen LogP contribution in [0.1, 0.15) is 51.9 Å². The molecule has 0 unspecified atom stereocenters. The number of para-hydroxylation sites is 1. The Hall–Kier alpha value is -4.02. The van der Waals surface area contributed by atoms with E-state index < -0.39 is 0 Å². The van der Waals surface area contributed by atoms with Crippen LogP contribution in [0.3, 0.4) is 0 Å². The molecule has 0 bridgehead atoms. The molecule has 0 radical (unpaired) electrons. The number of likely N-dealkylation sites (N-methyl/N-ethyl adjacent to an activating group) is 1. The van der Waals surface area contributed by atoms with Crippen LogP contribution >= 0.6 is 0 Å². The quantitative estimate of drug-likeness (QED) is 0.435. The molecule has 6 rings (SSSR count). The van der Waals surface area contributed by atoms with Crippen LogP contribution in [0.15, 0.2) is 48.7 Å². The van der Waals surface area contributed by atoms with Crippen molar-refractivity contribution in [2.45, 2.75) is 32.2 Å². The lowest BCUT2D eigenvalue weighted by molar-refractivity contribution is 0.0518. The van der Waals surface area contributed by atoms with Crippen LogP contribution in [-0.4, -0.2) is 110 Å². The number of methoxy groups -OCH3 is 1. The van der Waals surface area contributed by atoms with Gasteiger partial charge >= 0.3 is 0 Å². The highest BCUT2D eigenvalue weighted by molar-refractivity contribution is 6.13. The largest absolute Gasteiger partial charge is 0.496 e. The molecule has 10 nitrogen and oxygen atoms in total. The molecule has 3 aromatic rings. The van der Waals surface area contributed by atoms with Gasteiger partial charge in [-0.2, -0.15) is 0 Å². The molecule has 0 saturated carbocycles. The minimum Gasteiger partial charge on any atom is -0.496 e. The first-order chi connectivity index (χ1) is 20.9. The number of nitrogens with zero attached hydrogens (tertiary/aromatic N) is 7. The lowest BCUT2D eigenvalue weighted by Gasteiger charge is -2.42. The second-order valence-electron chi connectivity index (χ2n) is 11.7. The van der Waals surface area contributed by atoms with Crippen molar-refractivity contribution >= 4 is 29.0 Å². The lowest BCUT2D eigenvalue weighted by Crippen LogP contribution is -2.52. The summed E-state index contributed by atoms with van der Waals surface area (Å²) in [6.07, 6.45) is 4.18. The summed E-state index contributed by atoms with van der Waals surface area (Å²) >= 11 is 0. The monoisotopic (exact) mass is 583 g/mol. The first kappa shape index (κ1) is 29.1. The number of ether oxygens (including phenoxy) is 1. The van der Waals surface area contributed by atoms with E-state index in [0.717, 1.165) is 63.4 Å². The van der Waals surface area contributed by atoms with Gasteiger partial charge in [-0.15, -0.1) is 0 Å². The maximum absolute atomic E-state index is 13.5. The number of carbonyl (C=O) groups is 2. The maximum Gasteiger partial charge on any atom is 0.260 e. The van der Waals surface area contributed by atoms with Gasteiger partial charge in [-0.3, -0.25) is 14.5 Å². The van der Waals surface area contributed by atoms with Gasteiger partial charge in [0.15, 0.2) is 5.82 Å². The summed E-state index contributed by atoms with van der Waals surface area (Å²) in [5.41, 5.74) is 3.66. The molecular weight excluding hydrogens is 542 g/mol. The van der Waals surface area contributed by atoms with Crippen LogP contribution in [0.2, 0.25) is 0 Å². The van der Waals surface area contributed by atoms with Crippen molar-refractivity contribution in [2.24, 2.45) is 0 Å². The predicted molar refractivity (Wildman–Crippen MR) is 168 cm³/mol. The Labute approximate surface area is 253 Å². The molecule has 0 spiro atoms. The number of aromatic nitrogens is 2. The highest BCUT2D eigenvalue weighted by Crippen LogP contribution is 2.38. The van der Waals surface area contributed by atoms with Gasteiger partial charge in [-0.1, -0.05) is 18.2 Å². The highest BCUT2D eigenvalue weighted by atomic mass is 16.5. The zero-order valence-electron chi connectivity index (χ0n) is 25.6. The molecule has 10 heteroatoms. The van der Waals surface area contributed by atoms with Crippen LogP contribution in [0, 0.1) is 0 Å². The second kappa shape index (κ2) is 12.3. The Kier molecular flexibility index (Phi) is 8.32. The number of amides is 2. The summed E-state index contributed by atoms with van der Waals surface area (Å²) in [7, 11) is 5.57. The molecule has 2 saturated heterocycles. The lowest BCUT2D eigenvalue weighted by atomic mass is 10.0. The third-order valence-electron chi connectivity index (χ3n) is 9.15. The molecule has 226 valence electrons. The van der Waals surface area contributed by atoms with Crippen LogP contribution in [0.5, 0.6) is 5.75 Å². The molecule has 1 aromatic heterocycles. The van der Waals surface area contributed by atoms with Gasteiger partial charge in [0, 0.05) is 76.5 Å². The number of rotatable bonds is 6. The first-order valence-electron chi connectivity index (χ1n) is 15.3. The molecule has 3 aliphatic heterocycles. The molecule has 2 amide bonds. The summed E-state index contributed by atoms with van der Waals surface area (Å²) in [5, 5.41) is 0. The first-order valence-corrected chi connectivity index (χ1v) is 15.3. The van der Waals surface area contributed by atoms with E-state index in [1.807, 2.05) is 54.3 Å². The zero-order valence-corrected chi connectivity index (χ0v) is 25.6. The van der Waals surface area contributed by atoms with Crippen molar-refractivity contribution in [1.29, 1.82) is 0 Å². The van der Waals surface area contributed by atoms with Crippen LogP contribution in [0.25, 0.3) is 0 Å². The van der Waals surface area contributed by atoms with Gasteiger partial charge in [-0.05, 0) is 51.1 Å². The smallest absolute Gasteiger partial charge is 0.260 e. The number of piperazine rings is 1. The Morgan fingerprint density at radius 2 is 1.72 bits per heavy atom. The number of fused-ring (bicyclic) bond motifs is 2. The van der Waals surface area contributed by atoms with Crippen molar-refractivity contribution in [3.63, 3.8) is 0 Å². The van der Waals surface area contributed by atoms with Gasteiger partial charge in [0.2, 0.25) is 0 Å². The number of benzene rings is 2. The van der Waals surface area contributed by atoms with Crippen molar-refractivity contribution in [3.05, 3.63) is 71.2 Å². The summed E-state index contributed by atoms with van der Waals surface area (Å²) in [6.45, 7) is 8.70. The Morgan fingerprint density at radius 1 is 0.977 bits per heavy atom. The zero-order chi connectivity index (χ0) is 30.1. The fourth-order valence-electron chi connectivity index (χ4n) is 6.53. The third-order valence-corrected chi connectivity index (χ3v) is 9.15. The van der Waals surface area contributed by atoms with E-state index in [2.05, 4.69) is 26.7 Å². The minimum absolute atomic E-state index is 0.0490. The van der Waals surface area contributed by atoms with Crippen LogP contribution in [-0.2, 0) is 6.42 Å². The maximum atomic E-state index is 13.5. The molecule has 3 aliphatic rings. The van der Waals surface area contributed by atoms with Gasteiger partial charge in [0.05, 0.1) is 24.6 Å². The third kappa shape index (κ3) is 5.69. The van der Waals surface area contributed by atoms with Crippen molar-refractivity contribution in [2.75, 3.05) is 76.8 Å². The number of piperidine rings is 1. The van der Waals surface area contributed by atoms with Crippen LogP contribution < -0.4 is 14.5 Å². The van der Waals surface area contributed by atoms with E-state index >= 15 is 0 Å². The number of carbonyl (C=O) groups excluding carboxylic acids is 2. The van der Waals surface area contributed by atoms with Crippen molar-refractivity contribution in [1.82, 2.24) is 24.7 Å². The molecule has 0 aliphatic carbocycles. The molecular formula is C33H41N7O3. The van der Waals surface area contributed by atoms with E-state index in [9.17, 15) is 9.59 Å². The summed E-state index contributed by atoms with van der Waals surface area (Å²) in [5.74, 6) is 1.91. The van der Waals surface area contributed by atoms with E-state index in [1.54, 1.807) is 25.3 Å². The van der Waals surface area contributed by atoms with Gasteiger partial charge in [-0.25, -0.2) is 9.97 Å². The Morgan fingerprint density at radius 3 is 2.44 bits per heavy atom. The molecule has 4 heterocycles. The summed E-state index contributed by atoms with van der Waals surface area (Å²) < 4.78 is 5.75. The van der Waals surface area contributed by atoms with Crippen molar-refractivity contribution in [3.8, 4) is 5.75 Å². The van der Waals surface area contributed by atoms with Gasteiger partial charge < -0.3 is 24.3 Å². The highest BCUT2D eigenvalue weighted by Gasteiger charge is 2.31.